The predicted octanol–water partition coefficient (Wildman–Crippen LogP) is 2.18. The molecule has 244 valence electrons. The molecule has 0 spiro atoms. The summed E-state index contributed by atoms with van der Waals surface area (Å²) in [4.78, 5) is 68.0. The number of ether oxygens (including phenoxy) is 2. The lowest BCUT2D eigenvalue weighted by Gasteiger charge is -2.32. The summed E-state index contributed by atoms with van der Waals surface area (Å²) in [5.41, 5.74) is 0.690. The van der Waals surface area contributed by atoms with Crippen molar-refractivity contribution in [1.29, 1.82) is 0 Å². The lowest BCUT2D eigenvalue weighted by atomic mass is 9.99. The highest BCUT2D eigenvalue weighted by molar-refractivity contribution is 5.92. The fraction of sp³-hybridized carbons (Fsp3) is 0.485. The first-order valence-corrected chi connectivity index (χ1v) is 15.0. The Morgan fingerprint density at radius 2 is 1.56 bits per heavy atom. The minimum Gasteiger partial charge on any atom is -0.458 e. The second-order valence-corrected chi connectivity index (χ2v) is 12.2. The zero-order chi connectivity index (χ0) is 33.1. The number of esters is 1. The topological polar surface area (TPSA) is 155 Å². The number of hydrogen-bond acceptors (Lipinski definition) is 8. The van der Waals surface area contributed by atoms with E-state index in [2.05, 4.69) is 10.6 Å². The first-order chi connectivity index (χ1) is 21.2. The van der Waals surface area contributed by atoms with Crippen LogP contribution < -0.4 is 10.6 Å². The van der Waals surface area contributed by atoms with Crippen molar-refractivity contribution < 1.29 is 38.6 Å². The van der Waals surface area contributed by atoms with Gasteiger partial charge in [-0.3, -0.25) is 14.4 Å². The number of carbonyl (C=O) groups excluding carboxylic acids is 5. The molecule has 1 aliphatic rings. The number of alkyl carbamates (subject to hydrolysis) is 1. The Kier molecular flexibility index (Phi) is 12.5. The largest absolute Gasteiger partial charge is 0.458 e. The molecule has 2 aromatic rings. The Morgan fingerprint density at radius 3 is 2.13 bits per heavy atom. The van der Waals surface area contributed by atoms with E-state index in [-0.39, 0.29) is 19.6 Å². The fourth-order valence-electron chi connectivity index (χ4n) is 4.85. The number of aliphatic hydroxyl groups excluding tert-OH is 1. The average molecular weight is 625 g/mol. The number of hydrogen-bond donors (Lipinski definition) is 3. The molecule has 0 aliphatic carbocycles. The smallest absolute Gasteiger partial charge is 0.408 e. The van der Waals surface area contributed by atoms with Gasteiger partial charge < -0.3 is 35.0 Å². The maximum atomic E-state index is 13.6. The number of rotatable bonds is 12. The van der Waals surface area contributed by atoms with Gasteiger partial charge in [-0.1, -0.05) is 60.7 Å². The standard InChI is InChI=1S/C33H44N4O8/c1-33(2,3)45-31(42)26-17-12-18-37(26)30(41)28(39)24(19-22-13-8-6-9-14-22)34-29(40)25(20-27(38)36(4)5)35-32(43)44-21-23-15-10-7-11-16-23/h6-11,13-16,24-26,28,39H,12,17-21H2,1-5H3,(H,34,40)(H,35,43)/t24-,25-,26-,28-/m0/s1. The molecule has 1 heterocycles. The van der Waals surface area contributed by atoms with Crippen molar-refractivity contribution in [3.05, 3.63) is 71.8 Å². The van der Waals surface area contributed by atoms with Crippen LogP contribution in [0.5, 0.6) is 0 Å². The molecule has 3 rings (SSSR count). The number of nitrogens with one attached hydrogen (secondary N) is 2. The molecule has 0 unspecified atom stereocenters. The van der Waals surface area contributed by atoms with Gasteiger partial charge in [0.2, 0.25) is 11.8 Å². The average Bonchev–Trinajstić information content (AvgIpc) is 3.49. The Balaban J connectivity index is 1.80. The molecular weight excluding hydrogens is 580 g/mol. The van der Waals surface area contributed by atoms with Crippen LogP contribution in [0.15, 0.2) is 60.7 Å². The predicted molar refractivity (Wildman–Crippen MR) is 166 cm³/mol. The van der Waals surface area contributed by atoms with E-state index in [1.54, 1.807) is 69.3 Å². The van der Waals surface area contributed by atoms with E-state index in [0.717, 1.165) is 11.1 Å². The van der Waals surface area contributed by atoms with Gasteiger partial charge in [0.05, 0.1) is 12.5 Å². The van der Waals surface area contributed by atoms with E-state index in [9.17, 15) is 29.1 Å². The molecule has 0 saturated carbocycles. The molecule has 3 N–H and O–H groups in total. The molecule has 12 nitrogen and oxygen atoms in total. The molecule has 1 saturated heterocycles. The maximum Gasteiger partial charge on any atom is 0.408 e. The SMILES string of the molecule is CN(C)C(=O)C[C@H](NC(=O)OCc1ccccc1)C(=O)N[C@@H](Cc1ccccc1)[C@H](O)C(=O)N1CCC[C@H]1C(=O)OC(C)(C)C. The van der Waals surface area contributed by atoms with Crippen LogP contribution in [-0.4, -0.2) is 95.2 Å². The number of amides is 4. The van der Waals surface area contributed by atoms with Crippen LogP contribution in [0.2, 0.25) is 0 Å². The van der Waals surface area contributed by atoms with Crippen LogP contribution in [0.3, 0.4) is 0 Å². The molecule has 0 radical (unpaired) electrons. The van der Waals surface area contributed by atoms with Crippen molar-refractivity contribution in [2.24, 2.45) is 0 Å². The van der Waals surface area contributed by atoms with Gasteiger partial charge in [-0.15, -0.1) is 0 Å². The highest BCUT2D eigenvalue weighted by atomic mass is 16.6. The molecule has 12 heteroatoms. The highest BCUT2D eigenvalue weighted by Crippen LogP contribution is 2.23. The summed E-state index contributed by atoms with van der Waals surface area (Å²) < 4.78 is 10.8. The quantitative estimate of drug-likeness (QED) is 0.304. The van der Waals surface area contributed by atoms with E-state index < -0.39 is 66.0 Å². The van der Waals surface area contributed by atoms with Crippen LogP contribution in [0.4, 0.5) is 4.79 Å². The summed E-state index contributed by atoms with van der Waals surface area (Å²) in [6.07, 6.45) is -2.08. The Hall–Kier alpha value is -4.45. The van der Waals surface area contributed by atoms with E-state index >= 15 is 0 Å². The van der Waals surface area contributed by atoms with Gasteiger partial charge in [-0.25, -0.2) is 9.59 Å². The first-order valence-electron chi connectivity index (χ1n) is 15.0. The molecule has 1 fully saturated rings. The molecule has 45 heavy (non-hydrogen) atoms. The molecular formula is C33H44N4O8. The van der Waals surface area contributed by atoms with Crippen LogP contribution in [0, 0.1) is 0 Å². The molecule has 4 amide bonds. The Morgan fingerprint density at radius 1 is 0.956 bits per heavy atom. The van der Waals surface area contributed by atoms with E-state index in [1.165, 1.54) is 23.9 Å². The van der Waals surface area contributed by atoms with Crippen molar-refractivity contribution >= 4 is 29.8 Å². The van der Waals surface area contributed by atoms with E-state index in [4.69, 9.17) is 9.47 Å². The summed E-state index contributed by atoms with van der Waals surface area (Å²) in [5.74, 6) is -2.53. The molecule has 4 atom stereocenters. The minimum atomic E-state index is -1.74. The van der Waals surface area contributed by atoms with Gasteiger partial charge in [0, 0.05) is 20.6 Å². The Labute approximate surface area is 264 Å². The van der Waals surface area contributed by atoms with Crippen molar-refractivity contribution in [3.63, 3.8) is 0 Å². The van der Waals surface area contributed by atoms with Crippen molar-refractivity contribution in [2.75, 3.05) is 20.6 Å². The molecule has 0 aromatic heterocycles. The van der Waals surface area contributed by atoms with Crippen LogP contribution >= 0.6 is 0 Å². The summed E-state index contributed by atoms with van der Waals surface area (Å²) in [6.45, 7) is 5.38. The zero-order valence-electron chi connectivity index (χ0n) is 26.5. The second-order valence-electron chi connectivity index (χ2n) is 12.2. The molecule has 0 bridgehead atoms. The third-order valence-electron chi connectivity index (χ3n) is 7.17. The van der Waals surface area contributed by atoms with Gasteiger partial charge in [-0.2, -0.15) is 0 Å². The number of nitrogens with zero attached hydrogens (tertiary/aromatic N) is 2. The van der Waals surface area contributed by atoms with Gasteiger partial charge in [0.25, 0.3) is 5.91 Å². The fourth-order valence-corrected chi connectivity index (χ4v) is 4.85. The number of likely N-dealkylation sites (tertiary alicyclic amines) is 1. The lowest BCUT2D eigenvalue weighted by Crippen LogP contribution is -2.58. The third kappa shape index (κ3) is 10.9. The summed E-state index contributed by atoms with van der Waals surface area (Å²) in [7, 11) is 3.03. The van der Waals surface area contributed by atoms with Gasteiger partial charge in [-0.05, 0) is 51.2 Å². The second kappa shape index (κ2) is 16.0. The zero-order valence-corrected chi connectivity index (χ0v) is 26.5. The number of aliphatic hydroxyl groups is 1. The van der Waals surface area contributed by atoms with Crippen LogP contribution in [0.25, 0.3) is 0 Å². The maximum absolute atomic E-state index is 13.6. The third-order valence-corrected chi connectivity index (χ3v) is 7.17. The summed E-state index contributed by atoms with van der Waals surface area (Å²) in [5, 5.41) is 16.5. The molecule has 2 aromatic carbocycles. The minimum absolute atomic E-state index is 0.0528. The first kappa shape index (κ1) is 35.0. The van der Waals surface area contributed by atoms with Crippen LogP contribution in [-0.2, 0) is 41.7 Å². The normalized spacial score (nSPS) is 16.6. The van der Waals surface area contributed by atoms with Gasteiger partial charge in [0.1, 0.15) is 24.3 Å². The van der Waals surface area contributed by atoms with Crippen molar-refractivity contribution in [3.8, 4) is 0 Å². The van der Waals surface area contributed by atoms with Crippen molar-refractivity contribution in [1.82, 2.24) is 20.4 Å². The van der Waals surface area contributed by atoms with Gasteiger partial charge in [0.15, 0.2) is 6.10 Å². The summed E-state index contributed by atoms with van der Waals surface area (Å²) in [6, 6.07) is 14.5. The molecule has 1 aliphatic heterocycles. The lowest BCUT2D eigenvalue weighted by molar-refractivity contribution is -0.165. The van der Waals surface area contributed by atoms with E-state index in [0.29, 0.717) is 12.8 Å². The van der Waals surface area contributed by atoms with Crippen LogP contribution in [0.1, 0.15) is 51.2 Å². The van der Waals surface area contributed by atoms with Gasteiger partial charge >= 0.3 is 12.1 Å². The van der Waals surface area contributed by atoms with E-state index in [1.807, 2.05) is 12.1 Å². The Bertz CT molecular complexity index is 1310. The highest BCUT2D eigenvalue weighted by Gasteiger charge is 2.41. The summed E-state index contributed by atoms with van der Waals surface area (Å²) >= 11 is 0. The number of benzene rings is 2. The van der Waals surface area contributed by atoms with Crippen molar-refractivity contribution in [2.45, 2.75) is 82.9 Å². The monoisotopic (exact) mass is 624 g/mol. The number of carbonyl (C=O) groups is 5.